The summed E-state index contributed by atoms with van der Waals surface area (Å²) >= 11 is 0. The predicted molar refractivity (Wildman–Crippen MR) is 84.1 cm³/mol. The largest absolute Gasteiger partial charge is 0.364 e. The Hall–Kier alpha value is -2.77. The van der Waals surface area contributed by atoms with Crippen molar-refractivity contribution in [2.45, 2.75) is 6.42 Å². The van der Waals surface area contributed by atoms with Gasteiger partial charge in [-0.2, -0.15) is 9.49 Å². The van der Waals surface area contributed by atoms with Crippen LogP contribution in [0.2, 0.25) is 0 Å². The van der Waals surface area contributed by atoms with Crippen molar-refractivity contribution in [2.75, 3.05) is 36.0 Å². The molecule has 23 heavy (non-hydrogen) atoms. The van der Waals surface area contributed by atoms with E-state index in [-0.39, 0.29) is 0 Å². The standard InChI is InChI=1S/C15H16FN5O2/c16-12-4-1-5-13(15(12)21(22)23)19-8-3-9-20(11-10-19)14-6-2-7-17-18-14/h1-2,4-7H,3,8-11H2. The average molecular weight is 317 g/mol. The summed E-state index contributed by atoms with van der Waals surface area (Å²) in [6.45, 7) is 2.60. The highest BCUT2D eigenvalue weighted by Gasteiger charge is 2.26. The molecule has 0 spiro atoms. The Morgan fingerprint density at radius 1 is 1.09 bits per heavy atom. The van der Waals surface area contributed by atoms with Crippen molar-refractivity contribution in [3.05, 3.63) is 52.5 Å². The van der Waals surface area contributed by atoms with Crippen LogP contribution in [0.15, 0.2) is 36.5 Å². The third kappa shape index (κ3) is 3.20. The predicted octanol–water partition coefficient (Wildman–Crippen LogP) is 2.24. The fourth-order valence-electron chi connectivity index (χ4n) is 2.79. The minimum Gasteiger partial charge on any atom is -0.364 e. The van der Waals surface area contributed by atoms with E-state index in [4.69, 9.17) is 0 Å². The van der Waals surface area contributed by atoms with E-state index < -0.39 is 16.4 Å². The van der Waals surface area contributed by atoms with Crippen LogP contribution in [0.4, 0.5) is 21.6 Å². The van der Waals surface area contributed by atoms with Crippen molar-refractivity contribution >= 4 is 17.2 Å². The van der Waals surface area contributed by atoms with Gasteiger partial charge in [-0.3, -0.25) is 10.1 Å². The van der Waals surface area contributed by atoms with Crippen LogP contribution in [0.1, 0.15) is 6.42 Å². The van der Waals surface area contributed by atoms with E-state index in [2.05, 4.69) is 15.1 Å². The van der Waals surface area contributed by atoms with Crippen LogP contribution in [-0.2, 0) is 0 Å². The zero-order valence-corrected chi connectivity index (χ0v) is 12.4. The number of hydrogen-bond acceptors (Lipinski definition) is 6. The summed E-state index contributed by atoms with van der Waals surface area (Å²) in [4.78, 5) is 14.5. The molecule has 8 heteroatoms. The van der Waals surface area contributed by atoms with E-state index in [0.717, 1.165) is 24.8 Å². The van der Waals surface area contributed by atoms with Gasteiger partial charge in [0.2, 0.25) is 5.82 Å². The number of nitrogens with zero attached hydrogens (tertiary/aromatic N) is 5. The van der Waals surface area contributed by atoms with Gasteiger partial charge in [0.1, 0.15) is 5.69 Å². The van der Waals surface area contributed by atoms with Crippen molar-refractivity contribution in [3.8, 4) is 0 Å². The number of benzene rings is 1. The molecule has 0 atom stereocenters. The van der Waals surface area contributed by atoms with Crippen LogP contribution in [0.3, 0.4) is 0 Å². The van der Waals surface area contributed by atoms with E-state index in [0.29, 0.717) is 25.3 Å². The first-order valence-electron chi connectivity index (χ1n) is 7.37. The first-order valence-corrected chi connectivity index (χ1v) is 7.37. The Morgan fingerprint density at radius 2 is 1.87 bits per heavy atom. The van der Waals surface area contributed by atoms with Crippen LogP contribution in [0.5, 0.6) is 0 Å². The first-order chi connectivity index (χ1) is 11.2. The maximum atomic E-state index is 13.8. The van der Waals surface area contributed by atoms with Crippen LogP contribution < -0.4 is 9.80 Å². The SMILES string of the molecule is O=[N+]([O-])c1c(F)cccc1N1CCCN(c2cccnn2)CC1. The quantitative estimate of drug-likeness (QED) is 0.638. The van der Waals surface area contributed by atoms with E-state index in [1.807, 2.05) is 17.0 Å². The number of aromatic nitrogens is 2. The summed E-state index contributed by atoms with van der Waals surface area (Å²) in [5.41, 5.74) is -0.128. The van der Waals surface area contributed by atoms with Crippen LogP contribution in [0.25, 0.3) is 0 Å². The van der Waals surface area contributed by atoms with Gasteiger partial charge < -0.3 is 9.80 Å². The van der Waals surface area contributed by atoms with E-state index in [1.165, 1.54) is 6.07 Å². The highest BCUT2D eigenvalue weighted by molar-refractivity contribution is 5.64. The lowest BCUT2D eigenvalue weighted by atomic mass is 10.2. The molecule has 2 aromatic rings. The fourth-order valence-corrected chi connectivity index (χ4v) is 2.79. The molecule has 2 heterocycles. The summed E-state index contributed by atoms with van der Waals surface area (Å²) in [5.74, 6) is -0.0226. The third-order valence-corrected chi connectivity index (χ3v) is 3.87. The molecule has 0 radical (unpaired) electrons. The number of nitro groups is 1. The van der Waals surface area contributed by atoms with Gasteiger partial charge in [-0.1, -0.05) is 6.07 Å². The second-order valence-electron chi connectivity index (χ2n) is 5.27. The Morgan fingerprint density at radius 3 is 2.61 bits per heavy atom. The highest BCUT2D eigenvalue weighted by Crippen LogP contribution is 2.31. The Kier molecular flexibility index (Phi) is 4.31. The van der Waals surface area contributed by atoms with Crippen molar-refractivity contribution in [1.82, 2.24) is 10.2 Å². The molecule has 1 aromatic carbocycles. The summed E-state index contributed by atoms with van der Waals surface area (Å²) in [6, 6.07) is 7.92. The Bertz CT molecular complexity index is 698. The lowest BCUT2D eigenvalue weighted by Crippen LogP contribution is -2.31. The molecule has 1 aromatic heterocycles. The lowest BCUT2D eigenvalue weighted by molar-refractivity contribution is -0.386. The van der Waals surface area contributed by atoms with Gasteiger partial charge in [0.25, 0.3) is 0 Å². The Labute approximate surface area is 132 Å². The lowest BCUT2D eigenvalue weighted by Gasteiger charge is -2.23. The molecule has 3 rings (SSSR count). The molecule has 7 nitrogen and oxygen atoms in total. The zero-order chi connectivity index (χ0) is 16.2. The molecule has 0 aliphatic carbocycles. The van der Waals surface area contributed by atoms with Gasteiger partial charge >= 0.3 is 5.69 Å². The van der Waals surface area contributed by atoms with Crippen molar-refractivity contribution in [3.63, 3.8) is 0 Å². The second-order valence-corrected chi connectivity index (χ2v) is 5.27. The minimum absolute atomic E-state index is 0.330. The van der Waals surface area contributed by atoms with Crippen molar-refractivity contribution in [1.29, 1.82) is 0 Å². The van der Waals surface area contributed by atoms with Gasteiger partial charge in [-0.25, -0.2) is 0 Å². The monoisotopic (exact) mass is 317 g/mol. The van der Waals surface area contributed by atoms with E-state index in [9.17, 15) is 14.5 Å². The molecule has 1 aliphatic heterocycles. The molecule has 0 saturated carbocycles. The van der Waals surface area contributed by atoms with Crippen LogP contribution in [0, 0.1) is 15.9 Å². The van der Waals surface area contributed by atoms with Gasteiger partial charge in [-0.05, 0) is 30.7 Å². The molecule has 0 bridgehead atoms. The number of halogens is 1. The summed E-state index contributed by atoms with van der Waals surface area (Å²) in [6.07, 6.45) is 2.41. The summed E-state index contributed by atoms with van der Waals surface area (Å²) in [5, 5.41) is 19.1. The first kappa shape index (κ1) is 15.1. The number of nitro benzene ring substituents is 1. The van der Waals surface area contributed by atoms with E-state index in [1.54, 1.807) is 12.3 Å². The molecule has 0 N–H and O–H groups in total. The summed E-state index contributed by atoms with van der Waals surface area (Å²) < 4.78 is 13.8. The molecule has 0 amide bonds. The average Bonchev–Trinajstić information content (AvgIpc) is 2.81. The van der Waals surface area contributed by atoms with Crippen molar-refractivity contribution < 1.29 is 9.31 Å². The smallest absolute Gasteiger partial charge is 0.327 e. The van der Waals surface area contributed by atoms with Gasteiger partial charge in [0.05, 0.1) is 4.92 Å². The fraction of sp³-hybridized carbons (Fsp3) is 0.333. The topological polar surface area (TPSA) is 75.4 Å². The molecular weight excluding hydrogens is 301 g/mol. The van der Waals surface area contributed by atoms with Crippen molar-refractivity contribution in [2.24, 2.45) is 0 Å². The number of hydrogen-bond donors (Lipinski definition) is 0. The van der Waals surface area contributed by atoms with Crippen LogP contribution in [-0.4, -0.2) is 41.3 Å². The number of anilines is 2. The van der Waals surface area contributed by atoms with Crippen LogP contribution >= 0.6 is 0 Å². The molecule has 1 fully saturated rings. The normalized spacial score (nSPS) is 15.3. The maximum Gasteiger partial charge on any atom is 0.327 e. The highest BCUT2D eigenvalue weighted by atomic mass is 19.1. The molecular formula is C15H16FN5O2. The number of rotatable bonds is 3. The number of para-hydroxylation sites is 1. The molecule has 120 valence electrons. The zero-order valence-electron chi connectivity index (χ0n) is 12.4. The third-order valence-electron chi connectivity index (χ3n) is 3.87. The maximum absolute atomic E-state index is 13.8. The summed E-state index contributed by atoms with van der Waals surface area (Å²) in [7, 11) is 0. The Balaban J connectivity index is 1.81. The molecule has 1 aliphatic rings. The van der Waals surface area contributed by atoms with E-state index >= 15 is 0 Å². The second kappa shape index (κ2) is 6.55. The van der Waals surface area contributed by atoms with Gasteiger partial charge in [-0.15, -0.1) is 5.10 Å². The molecule has 1 saturated heterocycles. The van der Waals surface area contributed by atoms with Gasteiger partial charge in [0, 0.05) is 32.4 Å². The van der Waals surface area contributed by atoms with Gasteiger partial charge in [0.15, 0.2) is 5.82 Å². The molecule has 0 unspecified atom stereocenters. The minimum atomic E-state index is -0.803.